The zero-order valence-corrected chi connectivity index (χ0v) is 14.9. The second-order valence-electron chi connectivity index (χ2n) is 5.82. The molecular formula is C18H20N4OS. The molecule has 0 aliphatic rings. The van der Waals surface area contributed by atoms with E-state index in [1.54, 1.807) is 25.3 Å². The second kappa shape index (κ2) is 6.97. The standard InChI is InChI=1S/C18H20N4OS/c1-12-14-16(19-10-9-13-7-5-4-6-8-13)20-11-21-17(14)24-15(12)18(23)22(2)3/h4-8,11H,9-10H2,1-3H3,(H,19,20,21). The first-order valence-corrected chi connectivity index (χ1v) is 8.63. The third-order valence-electron chi connectivity index (χ3n) is 3.88. The van der Waals surface area contributed by atoms with Crippen molar-refractivity contribution in [2.45, 2.75) is 13.3 Å². The van der Waals surface area contributed by atoms with Crippen molar-refractivity contribution in [2.75, 3.05) is 26.0 Å². The van der Waals surface area contributed by atoms with E-state index in [9.17, 15) is 4.79 Å². The van der Waals surface area contributed by atoms with Crippen LogP contribution in [0.2, 0.25) is 0 Å². The molecule has 1 aromatic carbocycles. The molecule has 2 heterocycles. The van der Waals surface area contributed by atoms with E-state index < -0.39 is 0 Å². The summed E-state index contributed by atoms with van der Waals surface area (Å²) in [6.45, 7) is 2.74. The van der Waals surface area contributed by atoms with Crippen molar-refractivity contribution in [1.29, 1.82) is 0 Å². The molecule has 0 atom stereocenters. The summed E-state index contributed by atoms with van der Waals surface area (Å²) >= 11 is 1.42. The largest absolute Gasteiger partial charge is 0.369 e. The zero-order chi connectivity index (χ0) is 17.1. The van der Waals surface area contributed by atoms with Crippen molar-refractivity contribution in [2.24, 2.45) is 0 Å². The van der Waals surface area contributed by atoms with Crippen LogP contribution in [0.5, 0.6) is 0 Å². The van der Waals surface area contributed by atoms with Crippen LogP contribution >= 0.6 is 11.3 Å². The maximum atomic E-state index is 12.3. The van der Waals surface area contributed by atoms with Gasteiger partial charge in [0.1, 0.15) is 17.0 Å². The third kappa shape index (κ3) is 3.23. The number of amides is 1. The van der Waals surface area contributed by atoms with E-state index >= 15 is 0 Å². The molecule has 0 spiro atoms. The number of hydrogen-bond donors (Lipinski definition) is 1. The topological polar surface area (TPSA) is 58.1 Å². The summed E-state index contributed by atoms with van der Waals surface area (Å²) < 4.78 is 0. The van der Waals surface area contributed by atoms with Gasteiger partial charge in [0.05, 0.1) is 10.3 Å². The number of rotatable bonds is 5. The lowest BCUT2D eigenvalue weighted by atomic mass is 10.1. The average Bonchev–Trinajstić information content (AvgIpc) is 2.93. The van der Waals surface area contributed by atoms with Crippen molar-refractivity contribution in [1.82, 2.24) is 14.9 Å². The lowest BCUT2D eigenvalue weighted by molar-refractivity contribution is 0.0831. The van der Waals surface area contributed by atoms with Crippen LogP contribution in [0.15, 0.2) is 36.7 Å². The lowest BCUT2D eigenvalue weighted by Gasteiger charge is -2.09. The number of aromatic nitrogens is 2. The smallest absolute Gasteiger partial charge is 0.263 e. The molecule has 5 nitrogen and oxygen atoms in total. The molecule has 0 unspecified atom stereocenters. The van der Waals surface area contributed by atoms with Crippen molar-refractivity contribution in [3.8, 4) is 0 Å². The first-order chi connectivity index (χ1) is 11.6. The summed E-state index contributed by atoms with van der Waals surface area (Å²) in [7, 11) is 3.52. The van der Waals surface area contributed by atoms with E-state index in [4.69, 9.17) is 0 Å². The van der Waals surface area contributed by atoms with Gasteiger partial charge in [-0.05, 0) is 24.5 Å². The molecule has 0 saturated carbocycles. The highest BCUT2D eigenvalue weighted by Gasteiger charge is 2.20. The molecule has 0 fully saturated rings. The summed E-state index contributed by atoms with van der Waals surface area (Å²) in [4.78, 5) is 24.2. The van der Waals surface area contributed by atoms with Gasteiger partial charge in [-0.2, -0.15) is 0 Å². The molecule has 0 bridgehead atoms. The Labute approximate surface area is 145 Å². The summed E-state index contributed by atoms with van der Waals surface area (Å²) in [5, 5.41) is 4.33. The Kier molecular flexibility index (Phi) is 4.76. The average molecular weight is 340 g/mol. The van der Waals surface area contributed by atoms with Crippen LogP contribution < -0.4 is 5.32 Å². The fraction of sp³-hybridized carbons (Fsp3) is 0.278. The molecule has 6 heteroatoms. The number of aryl methyl sites for hydroxylation is 1. The Morgan fingerprint density at radius 2 is 1.96 bits per heavy atom. The van der Waals surface area contributed by atoms with Gasteiger partial charge in [0, 0.05) is 20.6 Å². The van der Waals surface area contributed by atoms with Crippen LogP contribution in [-0.2, 0) is 6.42 Å². The van der Waals surface area contributed by atoms with Crippen molar-refractivity contribution < 1.29 is 4.79 Å². The van der Waals surface area contributed by atoms with Gasteiger partial charge in [0.15, 0.2) is 0 Å². The van der Waals surface area contributed by atoms with E-state index in [-0.39, 0.29) is 5.91 Å². The predicted molar refractivity (Wildman–Crippen MR) is 98.8 cm³/mol. The van der Waals surface area contributed by atoms with E-state index in [2.05, 4.69) is 27.4 Å². The molecule has 1 amide bonds. The Morgan fingerprint density at radius 3 is 2.67 bits per heavy atom. The molecule has 3 rings (SSSR count). The van der Waals surface area contributed by atoms with Gasteiger partial charge in [-0.15, -0.1) is 11.3 Å². The minimum atomic E-state index is 0.00531. The molecule has 3 aromatic rings. The Balaban J connectivity index is 1.84. The molecule has 0 aliphatic heterocycles. The first kappa shape index (κ1) is 16.4. The van der Waals surface area contributed by atoms with Crippen molar-refractivity contribution >= 4 is 33.3 Å². The Bertz CT molecular complexity index is 858. The normalized spacial score (nSPS) is 10.8. The minimum Gasteiger partial charge on any atom is -0.369 e. The minimum absolute atomic E-state index is 0.00531. The number of carbonyl (C=O) groups excluding carboxylic acids is 1. The Hall–Kier alpha value is -2.47. The van der Waals surface area contributed by atoms with Gasteiger partial charge in [0.25, 0.3) is 5.91 Å². The van der Waals surface area contributed by atoms with E-state index in [1.807, 2.05) is 25.1 Å². The van der Waals surface area contributed by atoms with Crippen LogP contribution in [0, 0.1) is 6.92 Å². The number of carbonyl (C=O) groups is 1. The quantitative estimate of drug-likeness (QED) is 0.774. The van der Waals surface area contributed by atoms with Crippen LogP contribution in [-0.4, -0.2) is 41.4 Å². The van der Waals surface area contributed by atoms with Gasteiger partial charge in [0.2, 0.25) is 0 Å². The van der Waals surface area contributed by atoms with Crippen molar-refractivity contribution in [3.05, 3.63) is 52.7 Å². The maximum Gasteiger partial charge on any atom is 0.263 e. The van der Waals surface area contributed by atoms with Crippen molar-refractivity contribution in [3.63, 3.8) is 0 Å². The highest BCUT2D eigenvalue weighted by molar-refractivity contribution is 7.20. The summed E-state index contributed by atoms with van der Waals surface area (Å²) in [6, 6.07) is 10.3. The van der Waals surface area contributed by atoms with Gasteiger partial charge in [-0.25, -0.2) is 9.97 Å². The van der Waals surface area contributed by atoms with Gasteiger partial charge in [-0.1, -0.05) is 30.3 Å². The predicted octanol–water partition coefficient (Wildman–Crippen LogP) is 3.36. The number of anilines is 1. The van der Waals surface area contributed by atoms with Crippen LogP contribution in [0.4, 0.5) is 5.82 Å². The molecule has 2 aromatic heterocycles. The number of nitrogens with zero attached hydrogens (tertiary/aromatic N) is 3. The molecule has 1 N–H and O–H groups in total. The molecule has 0 radical (unpaired) electrons. The molecule has 0 aliphatic carbocycles. The Morgan fingerprint density at radius 1 is 1.21 bits per heavy atom. The SMILES string of the molecule is Cc1c(C(=O)N(C)C)sc2ncnc(NCCc3ccccc3)c12. The molecule has 24 heavy (non-hydrogen) atoms. The van der Waals surface area contributed by atoms with E-state index in [0.29, 0.717) is 0 Å². The second-order valence-corrected chi connectivity index (χ2v) is 6.82. The van der Waals surface area contributed by atoms with Crippen LogP contribution in [0.1, 0.15) is 20.8 Å². The molecular weight excluding hydrogens is 320 g/mol. The molecule has 0 saturated heterocycles. The fourth-order valence-corrected chi connectivity index (χ4v) is 3.75. The summed E-state index contributed by atoms with van der Waals surface area (Å²) in [5.74, 6) is 0.799. The highest BCUT2D eigenvalue weighted by atomic mass is 32.1. The van der Waals surface area contributed by atoms with E-state index in [1.165, 1.54) is 16.9 Å². The highest BCUT2D eigenvalue weighted by Crippen LogP contribution is 2.33. The van der Waals surface area contributed by atoms with E-state index in [0.717, 1.165) is 39.4 Å². The summed E-state index contributed by atoms with van der Waals surface area (Å²) in [5.41, 5.74) is 2.22. The zero-order valence-electron chi connectivity index (χ0n) is 14.0. The van der Waals surface area contributed by atoms with Gasteiger partial charge >= 0.3 is 0 Å². The number of thiophene rings is 1. The van der Waals surface area contributed by atoms with Gasteiger partial charge < -0.3 is 10.2 Å². The monoisotopic (exact) mass is 340 g/mol. The third-order valence-corrected chi connectivity index (χ3v) is 5.06. The lowest BCUT2D eigenvalue weighted by Crippen LogP contribution is -2.21. The number of benzene rings is 1. The number of nitrogens with one attached hydrogen (secondary N) is 1. The first-order valence-electron chi connectivity index (χ1n) is 7.81. The summed E-state index contributed by atoms with van der Waals surface area (Å²) in [6.07, 6.45) is 2.46. The number of hydrogen-bond acceptors (Lipinski definition) is 5. The molecule has 124 valence electrons. The van der Waals surface area contributed by atoms with Crippen LogP contribution in [0.3, 0.4) is 0 Å². The van der Waals surface area contributed by atoms with Gasteiger partial charge in [-0.3, -0.25) is 4.79 Å². The van der Waals surface area contributed by atoms with Crippen LogP contribution in [0.25, 0.3) is 10.2 Å². The fourth-order valence-electron chi connectivity index (χ4n) is 2.58. The maximum absolute atomic E-state index is 12.3. The number of fused-ring (bicyclic) bond motifs is 1.